The summed E-state index contributed by atoms with van der Waals surface area (Å²) in [6, 6.07) is 4.32. The lowest BCUT2D eigenvalue weighted by Crippen LogP contribution is -1.99. The first kappa shape index (κ1) is 9.57. The molecule has 0 bridgehead atoms. The Bertz CT molecular complexity index is 328. The van der Waals surface area contributed by atoms with E-state index in [1.54, 1.807) is 5.56 Å². The van der Waals surface area contributed by atoms with Gasteiger partial charge in [-0.3, -0.25) is 0 Å². The second-order valence-electron chi connectivity index (χ2n) is 4.04. The molecule has 1 aromatic rings. The van der Waals surface area contributed by atoms with Crippen LogP contribution in [0.3, 0.4) is 0 Å². The molecule has 0 atom stereocenters. The number of ether oxygens (including phenoxy) is 1. The van der Waals surface area contributed by atoms with Crippen molar-refractivity contribution in [2.75, 3.05) is 6.61 Å². The fraction of sp³-hybridized carbons (Fsp3) is 0.538. The number of aryl methyl sites for hydroxylation is 1. The Labute approximate surface area is 86.1 Å². The van der Waals surface area contributed by atoms with Crippen molar-refractivity contribution in [3.05, 3.63) is 28.8 Å². The molecule has 0 amide bonds. The van der Waals surface area contributed by atoms with E-state index in [0.29, 0.717) is 0 Å². The molecule has 0 saturated heterocycles. The molecule has 2 rings (SSSR count). The zero-order valence-electron chi connectivity index (χ0n) is 9.10. The van der Waals surface area contributed by atoms with Gasteiger partial charge in [-0.15, -0.1) is 0 Å². The third-order valence-corrected chi connectivity index (χ3v) is 2.94. The average Bonchev–Trinajstić information content (AvgIpc) is 2.66. The van der Waals surface area contributed by atoms with E-state index in [9.17, 15) is 0 Å². The summed E-state index contributed by atoms with van der Waals surface area (Å²) in [5.41, 5.74) is 4.44. The zero-order chi connectivity index (χ0) is 9.97. The minimum Gasteiger partial charge on any atom is -0.493 e. The first-order valence-corrected chi connectivity index (χ1v) is 5.57. The van der Waals surface area contributed by atoms with Gasteiger partial charge in [0.2, 0.25) is 0 Å². The average molecular weight is 190 g/mol. The summed E-state index contributed by atoms with van der Waals surface area (Å²) in [5, 5.41) is 0. The molecule has 0 radical (unpaired) electrons. The maximum atomic E-state index is 5.75. The standard InChI is InChI=1S/C13H18O/c1-3-9-14-13-8-7-10(2)11-5-4-6-12(11)13/h7-8H,3-6,9H2,1-2H3. The Morgan fingerprint density at radius 1 is 1.21 bits per heavy atom. The van der Waals surface area contributed by atoms with Gasteiger partial charge >= 0.3 is 0 Å². The number of benzene rings is 1. The first-order valence-electron chi connectivity index (χ1n) is 5.57. The highest BCUT2D eigenvalue weighted by Crippen LogP contribution is 2.32. The molecule has 0 aromatic heterocycles. The molecule has 0 unspecified atom stereocenters. The van der Waals surface area contributed by atoms with Crippen molar-refractivity contribution in [2.45, 2.75) is 39.5 Å². The Morgan fingerprint density at radius 2 is 2.00 bits per heavy atom. The van der Waals surface area contributed by atoms with Crippen molar-refractivity contribution in [3.63, 3.8) is 0 Å². The second-order valence-corrected chi connectivity index (χ2v) is 4.04. The summed E-state index contributed by atoms with van der Waals surface area (Å²) in [7, 11) is 0. The molecule has 14 heavy (non-hydrogen) atoms. The van der Waals surface area contributed by atoms with Crippen LogP contribution in [0.5, 0.6) is 5.75 Å². The molecule has 0 aliphatic heterocycles. The van der Waals surface area contributed by atoms with Crippen LogP contribution >= 0.6 is 0 Å². The number of hydrogen-bond acceptors (Lipinski definition) is 1. The SMILES string of the molecule is CCCOc1ccc(C)c2c1CCC2. The van der Waals surface area contributed by atoms with Crippen LogP contribution in [0.2, 0.25) is 0 Å². The van der Waals surface area contributed by atoms with Crippen molar-refractivity contribution in [1.29, 1.82) is 0 Å². The summed E-state index contributed by atoms with van der Waals surface area (Å²) >= 11 is 0. The zero-order valence-corrected chi connectivity index (χ0v) is 9.10. The van der Waals surface area contributed by atoms with Gasteiger partial charge in [0.15, 0.2) is 0 Å². The van der Waals surface area contributed by atoms with Crippen LogP contribution in [0.1, 0.15) is 36.5 Å². The Balaban J connectivity index is 2.29. The smallest absolute Gasteiger partial charge is 0.122 e. The van der Waals surface area contributed by atoms with E-state index in [0.717, 1.165) is 18.8 Å². The number of fused-ring (bicyclic) bond motifs is 1. The van der Waals surface area contributed by atoms with Gasteiger partial charge in [-0.25, -0.2) is 0 Å². The van der Waals surface area contributed by atoms with E-state index in [4.69, 9.17) is 4.74 Å². The third-order valence-electron chi connectivity index (χ3n) is 2.94. The first-order chi connectivity index (χ1) is 6.83. The van der Waals surface area contributed by atoms with E-state index in [1.807, 2.05) is 0 Å². The molecule has 0 heterocycles. The molecule has 1 aliphatic carbocycles. The summed E-state index contributed by atoms with van der Waals surface area (Å²) in [6.07, 6.45) is 4.83. The van der Waals surface area contributed by atoms with Crippen LogP contribution in [0, 0.1) is 6.92 Å². The van der Waals surface area contributed by atoms with Crippen LogP contribution < -0.4 is 4.74 Å². The lowest BCUT2D eigenvalue weighted by molar-refractivity contribution is 0.314. The Kier molecular flexibility index (Phi) is 2.76. The minimum absolute atomic E-state index is 0.843. The Hall–Kier alpha value is -0.980. The highest BCUT2D eigenvalue weighted by molar-refractivity contribution is 5.47. The quantitative estimate of drug-likeness (QED) is 0.710. The molecular weight excluding hydrogens is 172 g/mol. The molecule has 1 nitrogen and oxygen atoms in total. The van der Waals surface area contributed by atoms with Gasteiger partial charge in [-0.05, 0) is 55.4 Å². The Morgan fingerprint density at radius 3 is 2.79 bits per heavy atom. The monoisotopic (exact) mass is 190 g/mol. The van der Waals surface area contributed by atoms with E-state index < -0.39 is 0 Å². The third kappa shape index (κ3) is 1.63. The molecule has 0 saturated carbocycles. The molecular formula is C13H18O. The topological polar surface area (TPSA) is 9.23 Å². The van der Waals surface area contributed by atoms with E-state index >= 15 is 0 Å². The van der Waals surface area contributed by atoms with E-state index in [1.165, 1.54) is 30.4 Å². The fourth-order valence-electron chi connectivity index (χ4n) is 2.20. The maximum absolute atomic E-state index is 5.75. The van der Waals surface area contributed by atoms with E-state index in [2.05, 4.69) is 26.0 Å². The lowest BCUT2D eigenvalue weighted by Gasteiger charge is -2.11. The summed E-state index contributed by atoms with van der Waals surface area (Å²) in [6.45, 7) is 5.19. The summed E-state index contributed by atoms with van der Waals surface area (Å²) < 4.78 is 5.75. The van der Waals surface area contributed by atoms with Crippen molar-refractivity contribution in [1.82, 2.24) is 0 Å². The molecule has 0 spiro atoms. The highest BCUT2D eigenvalue weighted by atomic mass is 16.5. The van der Waals surface area contributed by atoms with Gasteiger partial charge in [0.05, 0.1) is 6.61 Å². The molecule has 0 fully saturated rings. The van der Waals surface area contributed by atoms with Gasteiger partial charge < -0.3 is 4.74 Å². The number of rotatable bonds is 3. The van der Waals surface area contributed by atoms with Crippen LogP contribution in [0.25, 0.3) is 0 Å². The van der Waals surface area contributed by atoms with Gasteiger partial charge in [-0.1, -0.05) is 13.0 Å². The fourth-order valence-corrected chi connectivity index (χ4v) is 2.20. The van der Waals surface area contributed by atoms with Gasteiger partial charge in [0.25, 0.3) is 0 Å². The second kappa shape index (κ2) is 4.04. The highest BCUT2D eigenvalue weighted by Gasteiger charge is 2.17. The van der Waals surface area contributed by atoms with Crippen LogP contribution in [-0.4, -0.2) is 6.61 Å². The van der Waals surface area contributed by atoms with E-state index in [-0.39, 0.29) is 0 Å². The molecule has 1 aliphatic rings. The van der Waals surface area contributed by atoms with Gasteiger partial charge in [0, 0.05) is 0 Å². The molecule has 1 heteroatoms. The van der Waals surface area contributed by atoms with Crippen molar-refractivity contribution < 1.29 is 4.74 Å². The molecule has 1 aromatic carbocycles. The van der Waals surface area contributed by atoms with Gasteiger partial charge in [0.1, 0.15) is 5.75 Å². The van der Waals surface area contributed by atoms with Crippen molar-refractivity contribution >= 4 is 0 Å². The van der Waals surface area contributed by atoms with Crippen molar-refractivity contribution in [3.8, 4) is 5.75 Å². The summed E-state index contributed by atoms with van der Waals surface area (Å²) in [4.78, 5) is 0. The van der Waals surface area contributed by atoms with Crippen LogP contribution in [-0.2, 0) is 12.8 Å². The van der Waals surface area contributed by atoms with Crippen LogP contribution in [0.4, 0.5) is 0 Å². The largest absolute Gasteiger partial charge is 0.493 e. The maximum Gasteiger partial charge on any atom is 0.122 e. The number of hydrogen-bond donors (Lipinski definition) is 0. The van der Waals surface area contributed by atoms with Crippen molar-refractivity contribution in [2.24, 2.45) is 0 Å². The lowest BCUT2D eigenvalue weighted by atomic mass is 10.0. The predicted octanol–water partition coefficient (Wildman–Crippen LogP) is 3.27. The normalized spacial score (nSPS) is 14.1. The molecule has 0 N–H and O–H groups in total. The molecule has 76 valence electrons. The predicted molar refractivity (Wildman–Crippen MR) is 59.0 cm³/mol. The van der Waals surface area contributed by atoms with Crippen LogP contribution in [0.15, 0.2) is 12.1 Å². The minimum atomic E-state index is 0.843. The van der Waals surface area contributed by atoms with Gasteiger partial charge in [-0.2, -0.15) is 0 Å². The summed E-state index contributed by atoms with van der Waals surface area (Å²) in [5.74, 6) is 1.13.